The van der Waals surface area contributed by atoms with Crippen molar-refractivity contribution in [1.29, 1.82) is 0 Å². The van der Waals surface area contributed by atoms with Crippen molar-refractivity contribution in [1.82, 2.24) is 9.66 Å². The molecule has 0 saturated heterocycles. The number of aromatic hydroxyl groups is 1. The molecule has 0 aliphatic rings. The molecule has 4 rings (SSSR count). The largest absolute Gasteiger partial charge is 0.508 e. The first-order chi connectivity index (χ1) is 15.0. The van der Waals surface area contributed by atoms with Crippen molar-refractivity contribution < 1.29 is 14.6 Å². The molecule has 156 valence electrons. The number of hydrogen-bond acceptors (Lipinski definition) is 6. The lowest BCUT2D eigenvalue weighted by Crippen LogP contribution is -2.20. The fourth-order valence-corrected chi connectivity index (χ4v) is 3.27. The summed E-state index contributed by atoms with van der Waals surface area (Å²) in [4.78, 5) is 17.9. The molecule has 0 unspecified atom stereocenters. The van der Waals surface area contributed by atoms with Gasteiger partial charge in [0.25, 0.3) is 5.56 Å². The minimum absolute atomic E-state index is 0.141. The van der Waals surface area contributed by atoms with E-state index in [2.05, 4.69) is 10.1 Å². The SMILES string of the molecule is COc1ccc(-c2nc3ccc(Cl)cc3c(=O)n2N=Cc2ccc(O)cc2)cc1OC. The molecule has 4 aromatic rings. The van der Waals surface area contributed by atoms with E-state index < -0.39 is 0 Å². The van der Waals surface area contributed by atoms with E-state index in [1.165, 1.54) is 30.1 Å². The molecular formula is C23H18ClN3O4. The number of phenolic OH excluding ortho intramolecular Hbond substituents is 1. The number of fused-ring (bicyclic) bond motifs is 1. The number of benzene rings is 3. The standard InChI is InChI=1S/C23H18ClN3O4/c1-30-20-10-5-15(11-21(20)31-2)22-26-19-9-6-16(24)12-18(19)23(29)27(22)25-13-14-3-7-17(28)8-4-14/h3-13,28H,1-2H3. The van der Waals surface area contributed by atoms with Crippen LogP contribution in [0.5, 0.6) is 17.2 Å². The van der Waals surface area contributed by atoms with Gasteiger partial charge in [0, 0.05) is 10.6 Å². The lowest BCUT2D eigenvalue weighted by molar-refractivity contribution is 0.355. The highest BCUT2D eigenvalue weighted by Crippen LogP contribution is 2.32. The van der Waals surface area contributed by atoms with Crippen LogP contribution >= 0.6 is 11.6 Å². The summed E-state index contributed by atoms with van der Waals surface area (Å²) in [6.45, 7) is 0. The fraction of sp³-hybridized carbons (Fsp3) is 0.0870. The smallest absolute Gasteiger partial charge is 0.282 e. The zero-order chi connectivity index (χ0) is 22.0. The second-order valence-electron chi connectivity index (χ2n) is 6.62. The first-order valence-corrected chi connectivity index (χ1v) is 9.66. The van der Waals surface area contributed by atoms with Crippen LogP contribution in [0, 0.1) is 0 Å². The summed E-state index contributed by atoms with van der Waals surface area (Å²) in [6.07, 6.45) is 1.52. The third kappa shape index (κ3) is 4.08. The van der Waals surface area contributed by atoms with Crippen LogP contribution < -0.4 is 15.0 Å². The van der Waals surface area contributed by atoms with Gasteiger partial charge < -0.3 is 14.6 Å². The highest BCUT2D eigenvalue weighted by molar-refractivity contribution is 6.31. The van der Waals surface area contributed by atoms with Crippen LogP contribution in [0.2, 0.25) is 5.02 Å². The normalized spacial score (nSPS) is 11.2. The Balaban J connectivity index is 1.95. The number of nitrogens with zero attached hydrogens (tertiary/aromatic N) is 3. The van der Waals surface area contributed by atoms with Gasteiger partial charge in [0.15, 0.2) is 17.3 Å². The lowest BCUT2D eigenvalue weighted by atomic mass is 10.1. The zero-order valence-corrected chi connectivity index (χ0v) is 17.5. The van der Waals surface area contributed by atoms with Gasteiger partial charge in [-0.3, -0.25) is 4.79 Å². The maximum atomic E-state index is 13.3. The Bertz CT molecular complexity index is 1350. The first kappa shape index (κ1) is 20.4. The number of methoxy groups -OCH3 is 2. The van der Waals surface area contributed by atoms with Gasteiger partial charge in [0.05, 0.1) is 31.3 Å². The van der Waals surface area contributed by atoms with Crippen molar-refractivity contribution in [3.63, 3.8) is 0 Å². The molecule has 1 aromatic heterocycles. The molecule has 0 amide bonds. The van der Waals surface area contributed by atoms with Gasteiger partial charge in [-0.15, -0.1) is 0 Å². The van der Waals surface area contributed by atoms with E-state index >= 15 is 0 Å². The highest BCUT2D eigenvalue weighted by atomic mass is 35.5. The van der Waals surface area contributed by atoms with Gasteiger partial charge >= 0.3 is 0 Å². The molecule has 1 heterocycles. The van der Waals surface area contributed by atoms with E-state index in [9.17, 15) is 9.90 Å². The second-order valence-corrected chi connectivity index (χ2v) is 7.06. The number of halogens is 1. The summed E-state index contributed by atoms with van der Waals surface area (Å²) in [6, 6.07) is 16.6. The monoisotopic (exact) mass is 435 g/mol. The van der Waals surface area contributed by atoms with Crippen molar-refractivity contribution >= 4 is 28.7 Å². The molecule has 1 N–H and O–H groups in total. The Kier molecular flexibility index (Phi) is 5.60. The second kappa shape index (κ2) is 8.49. The van der Waals surface area contributed by atoms with Gasteiger partial charge in [0.1, 0.15) is 5.75 Å². The lowest BCUT2D eigenvalue weighted by Gasteiger charge is -2.12. The van der Waals surface area contributed by atoms with E-state index in [0.717, 1.165) is 0 Å². The van der Waals surface area contributed by atoms with Crippen molar-refractivity contribution in [3.05, 3.63) is 81.6 Å². The van der Waals surface area contributed by atoms with Crippen molar-refractivity contribution in [2.24, 2.45) is 5.10 Å². The molecule has 31 heavy (non-hydrogen) atoms. The zero-order valence-electron chi connectivity index (χ0n) is 16.7. The number of ether oxygens (including phenoxy) is 2. The molecule has 3 aromatic carbocycles. The third-order valence-corrected chi connectivity index (χ3v) is 4.90. The number of rotatable bonds is 5. The summed E-state index contributed by atoms with van der Waals surface area (Å²) in [5, 5.41) is 14.6. The first-order valence-electron chi connectivity index (χ1n) is 9.28. The predicted molar refractivity (Wildman–Crippen MR) is 121 cm³/mol. The Labute approximate surface area is 182 Å². The number of phenols is 1. The van der Waals surface area contributed by atoms with Crippen LogP contribution in [-0.4, -0.2) is 35.2 Å². The van der Waals surface area contributed by atoms with Crippen molar-refractivity contribution in [2.75, 3.05) is 14.2 Å². The summed E-state index contributed by atoms with van der Waals surface area (Å²) in [5.41, 5.74) is 1.45. The molecule has 0 fully saturated rings. The molecule has 0 spiro atoms. The van der Waals surface area contributed by atoms with E-state index in [4.69, 9.17) is 21.1 Å². The van der Waals surface area contributed by atoms with Crippen LogP contribution in [0.4, 0.5) is 0 Å². The van der Waals surface area contributed by atoms with Crippen LogP contribution in [0.1, 0.15) is 5.56 Å². The average Bonchev–Trinajstić information content (AvgIpc) is 2.79. The summed E-state index contributed by atoms with van der Waals surface area (Å²) in [5.74, 6) is 1.53. The molecule has 0 bridgehead atoms. The molecule has 0 radical (unpaired) electrons. The molecule has 0 saturated carbocycles. The minimum Gasteiger partial charge on any atom is -0.508 e. The van der Waals surface area contributed by atoms with Gasteiger partial charge in [-0.2, -0.15) is 9.78 Å². The van der Waals surface area contributed by atoms with E-state index in [0.29, 0.717) is 44.4 Å². The van der Waals surface area contributed by atoms with Gasteiger partial charge in [-0.05, 0) is 66.2 Å². The summed E-state index contributed by atoms with van der Waals surface area (Å²) < 4.78 is 11.9. The molecule has 7 nitrogen and oxygen atoms in total. The third-order valence-electron chi connectivity index (χ3n) is 4.67. The van der Waals surface area contributed by atoms with E-state index in [1.807, 2.05) is 0 Å². The predicted octanol–water partition coefficient (Wildman–Crippen LogP) is 4.32. The Morgan fingerprint density at radius 3 is 2.45 bits per heavy atom. The highest BCUT2D eigenvalue weighted by Gasteiger charge is 2.15. The topological polar surface area (TPSA) is 85.9 Å². The summed E-state index contributed by atoms with van der Waals surface area (Å²) in [7, 11) is 3.08. The van der Waals surface area contributed by atoms with Crippen LogP contribution in [0.3, 0.4) is 0 Å². The minimum atomic E-state index is -0.368. The van der Waals surface area contributed by atoms with Gasteiger partial charge in [-0.25, -0.2) is 4.98 Å². The number of hydrogen-bond donors (Lipinski definition) is 1. The Morgan fingerprint density at radius 1 is 1.00 bits per heavy atom. The summed E-state index contributed by atoms with van der Waals surface area (Å²) >= 11 is 6.09. The van der Waals surface area contributed by atoms with Crippen LogP contribution in [0.25, 0.3) is 22.3 Å². The fourth-order valence-electron chi connectivity index (χ4n) is 3.10. The maximum absolute atomic E-state index is 13.3. The molecular weight excluding hydrogens is 418 g/mol. The van der Waals surface area contributed by atoms with Crippen molar-refractivity contribution in [3.8, 4) is 28.6 Å². The maximum Gasteiger partial charge on any atom is 0.282 e. The van der Waals surface area contributed by atoms with Gasteiger partial charge in [-0.1, -0.05) is 11.6 Å². The van der Waals surface area contributed by atoms with Crippen LogP contribution in [0.15, 0.2) is 70.6 Å². The van der Waals surface area contributed by atoms with Crippen LogP contribution in [-0.2, 0) is 0 Å². The van der Waals surface area contributed by atoms with E-state index in [-0.39, 0.29) is 11.3 Å². The Hall–Kier alpha value is -3.84. The average molecular weight is 436 g/mol. The number of aromatic nitrogens is 2. The Morgan fingerprint density at radius 2 is 1.74 bits per heavy atom. The molecule has 0 aliphatic heterocycles. The molecule has 0 atom stereocenters. The van der Waals surface area contributed by atoms with E-state index in [1.54, 1.807) is 55.6 Å². The van der Waals surface area contributed by atoms with Crippen molar-refractivity contribution in [2.45, 2.75) is 0 Å². The quantitative estimate of drug-likeness (QED) is 0.472. The van der Waals surface area contributed by atoms with Gasteiger partial charge in [0.2, 0.25) is 0 Å². The molecule has 8 heteroatoms. The molecule has 0 aliphatic carbocycles.